The molecular weight excluding hydrogens is 458 g/mol. The number of nitrogens with one attached hydrogen (secondary N) is 1. The van der Waals surface area contributed by atoms with E-state index in [0.29, 0.717) is 17.7 Å². The van der Waals surface area contributed by atoms with E-state index in [0.717, 1.165) is 4.57 Å². The zero-order valence-corrected chi connectivity index (χ0v) is 17.7. The number of alkyl halides is 6. The Hall–Kier alpha value is -3.25. The summed E-state index contributed by atoms with van der Waals surface area (Å²) < 4.78 is 80.4. The lowest BCUT2D eigenvalue weighted by Gasteiger charge is -2.25. The van der Waals surface area contributed by atoms with E-state index >= 15 is 0 Å². The molecule has 2 rings (SSSR count). The maximum atomic E-state index is 13.2. The van der Waals surface area contributed by atoms with E-state index in [1.165, 1.54) is 0 Å². The topological polar surface area (TPSA) is 101 Å². The van der Waals surface area contributed by atoms with Crippen LogP contribution < -0.4 is 21.9 Å². The molecule has 1 aromatic carbocycles. The predicted octanol–water partition coefficient (Wildman–Crippen LogP) is 4.01. The maximum absolute atomic E-state index is 13.2. The highest BCUT2D eigenvalue weighted by Gasteiger charge is 2.38. The Morgan fingerprint density at radius 2 is 1.55 bits per heavy atom. The van der Waals surface area contributed by atoms with Gasteiger partial charge < -0.3 is 10.6 Å². The molecule has 2 aromatic rings. The SMILES string of the molecule is CCCCN(C(=O)c1cc(C(F)(F)F)cc(C(F)(F)F)c1)c1c(N)n(CCC)c(=O)[nH]c1=O. The summed E-state index contributed by atoms with van der Waals surface area (Å²) in [6, 6.07) is 0.460. The van der Waals surface area contributed by atoms with Crippen LogP contribution in [0.2, 0.25) is 0 Å². The summed E-state index contributed by atoms with van der Waals surface area (Å²) in [6.07, 6.45) is -9.17. The van der Waals surface area contributed by atoms with Crippen molar-refractivity contribution in [3.8, 4) is 0 Å². The second-order valence-electron chi connectivity index (χ2n) is 7.25. The molecule has 33 heavy (non-hydrogen) atoms. The minimum absolute atomic E-state index is 0.0615. The number of carbonyl (C=O) groups excluding carboxylic acids is 1. The van der Waals surface area contributed by atoms with Crippen molar-refractivity contribution in [2.24, 2.45) is 0 Å². The highest BCUT2D eigenvalue weighted by molar-refractivity contribution is 6.07. The van der Waals surface area contributed by atoms with Gasteiger partial charge in [0.05, 0.1) is 11.1 Å². The molecule has 0 unspecified atom stereocenters. The van der Waals surface area contributed by atoms with Crippen molar-refractivity contribution in [2.75, 3.05) is 17.2 Å². The first kappa shape index (κ1) is 26.0. The number of amides is 1. The lowest BCUT2D eigenvalue weighted by Crippen LogP contribution is -2.41. The second kappa shape index (κ2) is 9.71. The van der Waals surface area contributed by atoms with Crippen LogP contribution >= 0.6 is 0 Å². The molecule has 0 bridgehead atoms. The second-order valence-corrected chi connectivity index (χ2v) is 7.25. The fourth-order valence-electron chi connectivity index (χ4n) is 3.15. The van der Waals surface area contributed by atoms with Crippen LogP contribution in [-0.2, 0) is 18.9 Å². The Morgan fingerprint density at radius 1 is 1.00 bits per heavy atom. The number of H-pyrrole nitrogens is 1. The smallest absolute Gasteiger partial charge is 0.383 e. The number of carbonyl (C=O) groups is 1. The van der Waals surface area contributed by atoms with Crippen LogP contribution in [0.3, 0.4) is 0 Å². The Bertz CT molecular complexity index is 1100. The van der Waals surface area contributed by atoms with E-state index in [1.807, 2.05) is 4.98 Å². The van der Waals surface area contributed by atoms with Gasteiger partial charge in [0, 0.05) is 18.7 Å². The highest BCUT2D eigenvalue weighted by Crippen LogP contribution is 2.37. The Labute approximate surface area is 183 Å². The van der Waals surface area contributed by atoms with Gasteiger partial charge in [-0.3, -0.25) is 19.1 Å². The largest absolute Gasteiger partial charge is 0.416 e. The van der Waals surface area contributed by atoms with Gasteiger partial charge in [-0.1, -0.05) is 20.3 Å². The summed E-state index contributed by atoms with van der Waals surface area (Å²) in [5.41, 5.74) is -0.792. The van der Waals surface area contributed by atoms with Crippen molar-refractivity contribution in [3.63, 3.8) is 0 Å². The van der Waals surface area contributed by atoms with Crippen LogP contribution in [0.25, 0.3) is 0 Å². The van der Waals surface area contributed by atoms with Crippen molar-refractivity contribution in [3.05, 3.63) is 55.7 Å². The first-order chi connectivity index (χ1) is 15.2. The molecule has 13 heteroatoms. The van der Waals surface area contributed by atoms with Crippen molar-refractivity contribution < 1.29 is 31.1 Å². The van der Waals surface area contributed by atoms with Crippen LogP contribution in [0.15, 0.2) is 27.8 Å². The first-order valence-corrected chi connectivity index (χ1v) is 9.96. The average molecular weight is 480 g/mol. The standard InChI is InChI=1S/C20H22F6N4O3/c1-3-5-7-29(14-15(27)30(6-4-2)18(33)28-16(14)31)17(32)11-8-12(19(21,22)23)10-13(9-11)20(24,25)26/h8-10H,3-7,27H2,1-2H3,(H,28,31,33). The Morgan fingerprint density at radius 3 is 2.00 bits per heavy atom. The quantitative estimate of drug-likeness (QED) is 0.585. The number of aromatic nitrogens is 2. The zero-order chi connectivity index (χ0) is 25.1. The summed E-state index contributed by atoms with van der Waals surface area (Å²) in [5, 5.41) is 0. The predicted molar refractivity (Wildman–Crippen MR) is 109 cm³/mol. The van der Waals surface area contributed by atoms with Crippen molar-refractivity contribution in [2.45, 2.75) is 52.0 Å². The van der Waals surface area contributed by atoms with Gasteiger partial charge in [-0.15, -0.1) is 0 Å². The molecule has 0 atom stereocenters. The van der Waals surface area contributed by atoms with E-state index in [1.54, 1.807) is 13.8 Å². The van der Waals surface area contributed by atoms with E-state index < -0.39 is 57.7 Å². The van der Waals surface area contributed by atoms with Gasteiger partial charge >= 0.3 is 18.0 Å². The Balaban J connectivity index is 2.76. The first-order valence-electron chi connectivity index (χ1n) is 9.96. The summed E-state index contributed by atoms with van der Waals surface area (Å²) in [5.74, 6) is -1.71. The molecule has 0 aliphatic carbocycles. The van der Waals surface area contributed by atoms with Gasteiger partial charge in [-0.25, -0.2) is 4.79 Å². The lowest BCUT2D eigenvalue weighted by molar-refractivity contribution is -0.143. The lowest BCUT2D eigenvalue weighted by atomic mass is 10.0. The maximum Gasteiger partial charge on any atom is 0.416 e. The van der Waals surface area contributed by atoms with Gasteiger partial charge in [-0.2, -0.15) is 26.3 Å². The molecular formula is C20H22F6N4O3. The summed E-state index contributed by atoms with van der Waals surface area (Å²) in [4.78, 5) is 40.4. The number of rotatable bonds is 7. The summed E-state index contributed by atoms with van der Waals surface area (Å²) in [7, 11) is 0. The molecule has 0 spiro atoms. The zero-order valence-electron chi connectivity index (χ0n) is 17.7. The van der Waals surface area contributed by atoms with Crippen LogP contribution in [0.4, 0.5) is 37.8 Å². The third-order valence-electron chi connectivity index (χ3n) is 4.75. The molecule has 0 radical (unpaired) electrons. The van der Waals surface area contributed by atoms with Crippen molar-refractivity contribution in [1.82, 2.24) is 9.55 Å². The number of nitrogen functional groups attached to an aromatic ring is 1. The summed E-state index contributed by atoms with van der Waals surface area (Å²) >= 11 is 0. The van der Waals surface area contributed by atoms with Crippen molar-refractivity contribution >= 4 is 17.4 Å². The third-order valence-corrected chi connectivity index (χ3v) is 4.75. The Kier molecular flexibility index (Phi) is 7.65. The van der Waals surface area contributed by atoms with Crippen LogP contribution in [0.5, 0.6) is 0 Å². The number of unbranched alkanes of at least 4 members (excludes halogenated alkanes) is 1. The minimum atomic E-state index is -5.16. The number of hydrogen-bond acceptors (Lipinski definition) is 4. The van der Waals surface area contributed by atoms with Gasteiger partial charge in [-0.05, 0) is 31.0 Å². The molecule has 0 aliphatic heterocycles. The monoisotopic (exact) mass is 480 g/mol. The van der Waals surface area contributed by atoms with E-state index in [4.69, 9.17) is 5.73 Å². The fraction of sp³-hybridized carbons (Fsp3) is 0.450. The molecule has 182 valence electrons. The number of nitrogens with zero attached hydrogens (tertiary/aromatic N) is 2. The number of benzene rings is 1. The molecule has 0 saturated heterocycles. The molecule has 0 fully saturated rings. The minimum Gasteiger partial charge on any atom is -0.383 e. The normalized spacial score (nSPS) is 12.1. The molecule has 3 N–H and O–H groups in total. The fourth-order valence-corrected chi connectivity index (χ4v) is 3.15. The number of halogens is 6. The number of hydrogen-bond donors (Lipinski definition) is 2. The van der Waals surface area contributed by atoms with E-state index in [9.17, 15) is 40.7 Å². The van der Waals surface area contributed by atoms with Gasteiger partial charge in [0.25, 0.3) is 11.5 Å². The van der Waals surface area contributed by atoms with Crippen molar-refractivity contribution in [1.29, 1.82) is 0 Å². The number of anilines is 2. The third kappa shape index (κ3) is 5.76. The van der Waals surface area contributed by atoms with Crippen LogP contribution in [0, 0.1) is 0 Å². The molecule has 0 aliphatic rings. The van der Waals surface area contributed by atoms with Gasteiger partial charge in [0.2, 0.25) is 0 Å². The molecule has 1 heterocycles. The molecule has 1 aromatic heterocycles. The highest BCUT2D eigenvalue weighted by atomic mass is 19.4. The van der Waals surface area contributed by atoms with Gasteiger partial charge in [0.15, 0.2) is 5.69 Å². The molecule has 1 amide bonds. The summed E-state index contributed by atoms with van der Waals surface area (Å²) in [6.45, 7) is 3.26. The van der Waals surface area contributed by atoms with Gasteiger partial charge in [0.1, 0.15) is 5.82 Å². The average Bonchev–Trinajstić information content (AvgIpc) is 2.71. The van der Waals surface area contributed by atoms with Crippen LogP contribution in [-0.4, -0.2) is 22.0 Å². The number of nitrogens with two attached hydrogens (primary N) is 1. The van der Waals surface area contributed by atoms with E-state index in [2.05, 4.69) is 0 Å². The molecule has 0 saturated carbocycles. The number of aromatic amines is 1. The molecule has 7 nitrogen and oxygen atoms in total. The van der Waals surface area contributed by atoms with Crippen LogP contribution in [0.1, 0.15) is 54.6 Å². The van der Waals surface area contributed by atoms with E-state index in [-0.39, 0.29) is 37.7 Å².